The Bertz CT molecular complexity index is 151. The summed E-state index contributed by atoms with van der Waals surface area (Å²) < 4.78 is 0. The Hall–Kier alpha value is -0.520. The van der Waals surface area contributed by atoms with Gasteiger partial charge in [0.25, 0.3) is 0 Å². The van der Waals surface area contributed by atoms with Crippen LogP contribution in [0.2, 0.25) is 0 Å². The molecule has 0 amide bonds. The maximum Gasteiger partial charge on any atom is -0.0142 e. The van der Waals surface area contributed by atoms with Crippen LogP contribution in [0.3, 0.4) is 0 Å². The third kappa shape index (κ3) is 4.38. The molecule has 0 aliphatic heterocycles. The molecule has 0 bridgehead atoms. The monoisotopic (exact) mass is 166 g/mol. The molecule has 0 heterocycles. The Morgan fingerprint density at radius 2 is 2.00 bits per heavy atom. The van der Waals surface area contributed by atoms with Crippen molar-refractivity contribution in [1.29, 1.82) is 0 Å². The molecule has 0 N–H and O–H groups in total. The average molecular weight is 166 g/mol. The van der Waals surface area contributed by atoms with Crippen LogP contribution in [-0.4, -0.2) is 0 Å². The zero-order chi connectivity index (χ0) is 9.40. The zero-order valence-corrected chi connectivity index (χ0v) is 8.82. The van der Waals surface area contributed by atoms with Gasteiger partial charge in [-0.3, -0.25) is 0 Å². The minimum atomic E-state index is 1.06. The van der Waals surface area contributed by atoms with Crippen LogP contribution in [0.5, 0.6) is 0 Å². The van der Waals surface area contributed by atoms with Gasteiger partial charge < -0.3 is 0 Å². The second kappa shape index (κ2) is 7.15. The van der Waals surface area contributed by atoms with Crippen molar-refractivity contribution in [3.63, 3.8) is 0 Å². The van der Waals surface area contributed by atoms with E-state index in [0.29, 0.717) is 0 Å². The Morgan fingerprint density at radius 1 is 1.33 bits per heavy atom. The summed E-state index contributed by atoms with van der Waals surface area (Å²) >= 11 is 0. The molecule has 0 aromatic heterocycles. The first-order chi connectivity index (χ1) is 5.76. The van der Waals surface area contributed by atoms with E-state index in [1.165, 1.54) is 31.3 Å². The second-order valence-electron chi connectivity index (χ2n) is 3.33. The van der Waals surface area contributed by atoms with Crippen LogP contribution >= 0.6 is 0 Å². The van der Waals surface area contributed by atoms with Crippen molar-refractivity contribution in [2.24, 2.45) is 0 Å². The standard InChI is InChI=1S/C12H22/c1-5-8-10-12(7-3)11(4)9-6-2/h6H,2,5,7-10H2,1,3-4H3/b12-11-. The number of rotatable bonds is 6. The summed E-state index contributed by atoms with van der Waals surface area (Å²) in [6.45, 7) is 10.5. The molecule has 0 radical (unpaired) electrons. The summed E-state index contributed by atoms with van der Waals surface area (Å²) in [7, 11) is 0. The highest BCUT2D eigenvalue weighted by Crippen LogP contribution is 2.18. The van der Waals surface area contributed by atoms with Gasteiger partial charge in [0.2, 0.25) is 0 Å². The summed E-state index contributed by atoms with van der Waals surface area (Å²) in [5.74, 6) is 0. The largest absolute Gasteiger partial charge is 0.103 e. The molecular formula is C12H22. The average Bonchev–Trinajstić information content (AvgIpc) is 2.06. The molecule has 70 valence electrons. The molecule has 0 aromatic rings. The van der Waals surface area contributed by atoms with Crippen LogP contribution in [0.1, 0.15) is 52.9 Å². The Balaban J connectivity index is 4.07. The summed E-state index contributed by atoms with van der Waals surface area (Å²) in [6, 6.07) is 0. The number of hydrogen-bond donors (Lipinski definition) is 0. The molecule has 0 fully saturated rings. The molecule has 0 aliphatic carbocycles. The molecule has 12 heavy (non-hydrogen) atoms. The van der Waals surface area contributed by atoms with Crippen LogP contribution in [-0.2, 0) is 0 Å². The van der Waals surface area contributed by atoms with E-state index in [2.05, 4.69) is 27.4 Å². The lowest BCUT2D eigenvalue weighted by molar-refractivity contribution is 0.755. The van der Waals surface area contributed by atoms with E-state index in [9.17, 15) is 0 Å². The van der Waals surface area contributed by atoms with Gasteiger partial charge in [0.15, 0.2) is 0 Å². The summed E-state index contributed by atoms with van der Waals surface area (Å²) in [6.07, 6.45) is 8.18. The van der Waals surface area contributed by atoms with E-state index < -0.39 is 0 Å². The third-order valence-corrected chi connectivity index (χ3v) is 2.31. The van der Waals surface area contributed by atoms with Crippen molar-refractivity contribution in [2.45, 2.75) is 52.9 Å². The predicted octanol–water partition coefficient (Wildman–Crippen LogP) is 4.48. The predicted molar refractivity (Wildman–Crippen MR) is 57.3 cm³/mol. The fraction of sp³-hybridized carbons (Fsp3) is 0.667. The van der Waals surface area contributed by atoms with Crippen molar-refractivity contribution in [3.8, 4) is 0 Å². The van der Waals surface area contributed by atoms with E-state index in [1.54, 1.807) is 5.57 Å². The summed E-state index contributed by atoms with van der Waals surface area (Å²) in [5.41, 5.74) is 3.16. The highest BCUT2D eigenvalue weighted by atomic mass is 14.0. The van der Waals surface area contributed by atoms with E-state index >= 15 is 0 Å². The maximum absolute atomic E-state index is 3.76. The van der Waals surface area contributed by atoms with Gasteiger partial charge in [0.1, 0.15) is 0 Å². The topological polar surface area (TPSA) is 0 Å². The molecule has 0 spiro atoms. The minimum Gasteiger partial charge on any atom is -0.103 e. The maximum atomic E-state index is 3.76. The molecule has 0 rings (SSSR count). The highest BCUT2D eigenvalue weighted by molar-refractivity contribution is 5.14. The first kappa shape index (κ1) is 11.5. The van der Waals surface area contributed by atoms with Crippen molar-refractivity contribution in [3.05, 3.63) is 23.8 Å². The van der Waals surface area contributed by atoms with E-state index in [1.807, 2.05) is 6.08 Å². The van der Waals surface area contributed by atoms with E-state index in [-0.39, 0.29) is 0 Å². The normalized spacial score (nSPS) is 12.6. The molecule has 0 saturated heterocycles. The van der Waals surface area contributed by atoms with Gasteiger partial charge in [-0.25, -0.2) is 0 Å². The SMILES string of the molecule is C=CC/C(C)=C(/CC)CCCC. The van der Waals surface area contributed by atoms with Crippen molar-refractivity contribution >= 4 is 0 Å². The van der Waals surface area contributed by atoms with Gasteiger partial charge in [0, 0.05) is 0 Å². The lowest BCUT2D eigenvalue weighted by Gasteiger charge is -2.07. The summed E-state index contributed by atoms with van der Waals surface area (Å²) in [4.78, 5) is 0. The van der Waals surface area contributed by atoms with Crippen LogP contribution in [0.25, 0.3) is 0 Å². The fourth-order valence-corrected chi connectivity index (χ4v) is 1.44. The second-order valence-corrected chi connectivity index (χ2v) is 3.33. The molecule has 0 heteroatoms. The number of unbranched alkanes of at least 4 members (excludes halogenated alkanes) is 1. The van der Waals surface area contributed by atoms with Crippen LogP contribution in [0, 0.1) is 0 Å². The van der Waals surface area contributed by atoms with Gasteiger partial charge in [-0.15, -0.1) is 6.58 Å². The van der Waals surface area contributed by atoms with Gasteiger partial charge in [-0.05, 0) is 32.6 Å². The highest BCUT2D eigenvalue weighted by Gasteiger charge is 1.98. The van der Waals surface area contributed by atoms with Crippen LogP contribution in [0.15, 0.2) is 23.8 Å². The molecule has 0 nitrogen and oxygen atoms in total. The van der Waals surface area contributed by atoms with E-state index in [4.69, 9.17) is 0 Å². The molecule has 0 unspecified atom stereocenters. The van der Waals surface area contributed by atoms with Gasteiger partial charge >= 0.3 is 0 Å². The number of allylic oxidation sites excluding steroid dienone is 3. The molecule has 0 atom stereocenters. The van der Waals surface area contributed by atoms with Crippen LogP contribution in [0.4, 0.5) is 0 Å². The van der Waals surface area contributed by atoms with E-state index in [0.717, 1.165) is 6.42 Å². The minimum absolute atomic E-state index is 1.06. The molecule has 0 aliphatic rings. The van der Waals surface area contributed by atoms with Crippen LogP contribution < -0.4 is 0 Å². The van der Waals surface area contributed by atoms with Gasteiger partial charge in [0.05, 0.1) is 0 Å². The Morgan fingerprint density at radius 3 is 2.42 bits per heavy atom. The van der Waals surface area contributed by atoms with Crippen molar-refractivity contribution < 1.29 is 0 Å². The van der Waals surface area contributed by atoms with Crippen molar-refractivity contribution in [2.75, 3.05) is 0 Å². The summed E-state index contributed by atoms with van der Waals surface area (Å²) in [5, 5.41) is 0. The third-order valence-electron chi connectivity index (χ3n) is 2.31. The van der Waals surface area contributed by atoms with Gasteiger partial charge in [-0.1, -0.05) is 37.5 Å². The molecule has 0 aromatic carbocycles. The molecule has 0 saturated carbocycles. The molecular weight excluding hydrogens is 144 g/mol. The Kier molecular flexibility index (Phi) is 6.84. The van der Waals surface area contributed by atoms with Gasteiger partial charge in [-0.2, -0.15) is 0 Å². The first-order valence-corrected chi connectivity index (χ1v) is 5.04. The van der Waals surface area contributed by atoms with Crippen molar-refractivity contribution in [1.82, 2.24) is 0 Å². The smallest absolute Gasteiger partial charge is 0.0142 e. The lowest BCUT2D eigenvalue weighted by Crippen LogP contribution is -1.87. The first-order valence-electron chi connectivity index (χ1n) is 5.04. The lowest BCUT2D eigenvalue weighted by atomic mass is 9.99. The zero-order valence-electron chi connectivity index (χ0n) is 8.82. The fourth-order valence-electron chi connectivity index (χ4n) is 1.44. The quantitative estimate of drug-likeness (QED) is 0.510. The number of hydrogen-bond acceptors (Lipinski definition) is 0. The Labute approximate surface area is 77.4 Å².